The maximum atomic E-state index is 14.0. The Kier molecular flexibility index (Phi) is 5.67. The zero-order valence-electron chi connectivity index (χ0n) is 20.6. The monoisotopic (exact) mass is 485 g/mol. The zero-order valence-corrected chi connectivity index (χ0v) is 20.6. The molecule has 2 unspecified atom stereocenters. The van der Waals surface area contributed by atoms with E-state index in [9.17, 15) is 4.79 Å². The lowest BCUT2D eigenvalue weighted by atomic mass is 9.95. The number of amidine groups is 1. The summed E-state index contributed by atoms with van der Waals surface area (Å²) >= 11 is 0. The van der Waals surface area contributed by atoms with Gasteiger partial charge in [0.1, 0.15) is 18.1 Å². The molecule has 3 aromatic rings. The van der Waals surface area contributed by atoms with E-state index in [1.54, 1.807) is 12.4 Å². The van der Waals surface area contributed by atoms with E-state index in [0.29, 0.717) is 12.4 Å². The van der Waals surface area contributed by atoms with Crippen molar-refractivity contribution < 1.29 is 0 Å². The van der Waals surface area contributed by atoms with Crippen LogP contribution in [0.4, 0.5) is 0 Å². The summed E-state index contributed by atoms with van der Waals surface area (Å²) in [5.41, 5.74) is 10.0. The van der Waals surface area contributed by atoms with Gasteiger partial charge in [0, 0.05) is 36.6 Å². The number of nitrogens with one attached hydrogen (secondary N) is 1. The summed E-state index contributed by atoms with van der Waals surface area (Å²) in [4.78, 5) is 25.3. The number of hydrogen-bond acceptors (Lipinski definition) is 8. The third-order valence-corrected chi connectivity index (χ3v) is 7.74. The van der Waals surface area contributed by atoms with E-state index in [-0.39, 0.29) is 23.7 Å². The number of likely N-dealkylation sites (tertiary alicyclic amines) is 1. The lowest BCUT2D eigenvalue weighted by molar-refractivity contribution is 0.178. The number of benzene rings is 1. The van der Waals surface area contributed by atoms with Gasteiger partial charge in [-0.15, -0.1) is 0 Å². The van der Waals surface area contributed by atoms with Crippen molar-refractivity contribution in [1.29, 1.82) is 0 Å². The van der Waals surface area contributed by atoms with E-state index < -0.39 is 0 Å². The van der Waals surface area contributed by atoms with Crippen LogP contribution in [0.1, 0.15) is 42.6 Å². The molecule has 0 radical (unpaired) electrons. The standard InChI is InChI=1S/C26H31N9O/c1-3-33-9-7-19(8-10-33)35-20(11-17-6-4-5-16(2)21(17)26(35)36)14-34-25-22(24(27)28-15-29-25)23(32-34)18-12-30-31-13-18/h4-6,11-13,15,19,22,25H,3,7-10,14H2,1-2H3,(H,30,31)(H2,27,28,29). The molecule has 2 atom stereocenters. The second-order valence-electron chi connectivity index (χ2n) is 9.79. The van der Waals surface area contributed by atoms with E-state index >= 15 is 0 Å². The highest BCUT2D eigenvalue weighted by Gasteiger charge is 2.42. The van der Waals surface area contributed by atoms with Crippen molar-refractivity contribution in [3.8, 4) is 0 Å². The molecule has 5 heterocycles. The van der Waals surface area contributed by atoms with Crippen LogP contribution >= 0.6 is 0 Å². The molecule has 10 heteroatoms. The molecule has 6 rings (SSSR count). The number of aromatic nitrogens is 3. The van der Waals surface area contributed by atoms with Crippen LogP contribution in [0.15, 0.2) is 56.5 Å². The fourth-order valence-electron chi connectivity index (χ4n) is 5.82. The van der Waals surface area contributed by atoms with Crippen LogP contribution in [0.25, 0.3) is 10.8 Å². The molecule has 3 N–H and O–H groups in total. The normalized spacial score (nSPS) is 22.7. The SMILES string of the molecule is CCN1CCC(n2c(CN3N=C(c4cn[nH]c4)C4C(N)=NC=NC43)cc3cccc(C)c3c2=O)CC1. The Balaban J connectivity index is 1.44. The Morgan fingerprint density at radius 3 is 2.81 bits per heavy atom. The van der Waals surface area contributed by atoms with Crippen LogP contribution < -0.4 is 11.3 Å². The van der Waals surface area contributed by atoms with Crippen molar-refractivity contribution >= 4 is 28.7 Å². The summed E-state index contributed by atoms with van der Waals surface area (Å²) in [5, 5.41) is 15.6. The van der Waals surface area contributed by atoms with Gasteiger partial charge in [0.25, 0.3) is 5.56 Å². The van der Waals surface area contributed by atoms with Crippen molar-refractivity contribution in [3.05, 3.63) is 63.8 Å². The highest BCUT2D eigenvalue weighted by molar-refractivity contribution is 6.17. The molecule has 3 aliphatic rings. The summed E-state index contributed by atoms with van der Waals surface area (Å²) in [6.45, 7) is 7.67. The quantitative estimate of drug-likeness (QED) is 0.574. The van der Waals surface area contributed by atoms with Crippen LogP contribution in [0.3, 0.4) is 0 Å². The number of aliphatic imine (C=N–C) groups is 2. The zero-order chi connectivity index (χ0) is 24.8. The van der Waals surface area contributed by atoms with Gasteiger partial charge < -0.3 is 15.2 Å². The van der Waals surface area contributed by atoms with Crippen LogP contribution in [-0.4, -0.2) is 68.4 Å². The number of H-pyrrole nitrogens is 1. The number of aromatic amines is 1. The van der Waals surface area contributed by atoms with E-state index in [1.165, 1.54) is 6.34 Å². The molecule has 0 bridgehead atoms. The summed E-state index contributed by atoms with van der Waals surface area (Å²) in [7, 11) is 0. The molecule has 36 heavy (non-hydrogen) atoms. The molecule has 1 saturated heterocycles. The third-order valence-electron chi connectivity index (χ3n) is 7.74. The Labute approximate surface area is 209 Å². The molecule has 0 spiro atoms. The Morgan fingerprint density at radius 1 is 1.22 bits per heavy atom. The molecule has 3 aliphatic heterocycles. The van der Waals surface area contributed by atoms with E-state index in [0.717, 1.165) is 65.8 Å². The summed E-state index contributed by atoms with van der Waals surface area (Å²) < 4.78 is 2.03. The van der Waals surface area contributed by atoms with Gasteiger partial charge in [0.2, 0.25) is 0 Å². The molecule has 0 saturated carbocycles. The maximum absolute atomic E-state index is 14.0. The first-order valence-corrected chi connectivity index (χ1v) is 12.6. The number of rotatable bonds is 5. The fourth-order valence-corrected chi connectivity index (χ4v) is 5.82. The largest absolute Gasteiger partial charge is 0.386 e. The third kappa shape index (κ3) is 3.72. The number of fused-ring (bicyclic) bond motifs is 2. The molecular weight excluding hydrogens is 454 g/mol. The van der Waals surface area contributed by atoms with Crippen molar-refractivity contribution in [1.82, 2.24) is 24.7 Å². The first-order chi connectivity index (χ1) is 17.5. The number of aryl methyl sites for hydroxylation is 1. The predicted octanol–water partition coefficient (Wildman–Crippen LogP) is 2.25. The molecule has 10 nitrogen and oxygen atoms in total. The second kappa shape index (κ2) is 9.02. The highest BCUT2D eigenvalue weighted by Crippen LogP contribution is 2.32. The van der Waals surface area contributed by atoms with Crippen LogP contribution in [-0.2, 0) is 6.54 Å². The summed E-state index contributed by atoms with van der Waals surface area (Å²) in [6, 6.07) is 8.35. The Bertz CT molecular complexity index is 1430. The second-order valence-corrected chi connectivity index (χ2v) is 9.79. The number of hydrogen-bond donors (Lipinski definition) is 2. The lowest BCUT2D eigenvalue weighted by Gasteiger charge is -2.34. The van der Waals surface area contributed by atoms with E-state index in [1.807, 2.05) is 34.7 Å². The van der Waals surface area contributed by atoms with E-state index in [2.05, 4.69) is 38.1 Å². The number of hydrazone groups is 1. The summed E-state index contributed by atoms with van der Waals surface area (Å²) in [5.74, 6) is 0.221. The molecule has 1 fully saturated rings. The van der Waals surface area contributed by atoms with Crippen LogP contribution in [0.2, 0.25) is 0 Å². The highest BCUT2D eigenvalue weighted by atomic mass is 16.1. The molecule has 0 aliphatic carbocycles. The van der Waals surface area contributed by atoms with Gasteiger partial charge >= 0.3 is 0 Å². The van der Waals surface area contributed by atoms with Gasteiger partial charge in [-0.1, -0.05) is 25.1 Å². The van der Waals surface area contributed by atoms with Gasteiger partial charge in [0.05, 0.1) is 23.8 Å². The number of nitrogens with zero attached hydrogens (tertiary/aromatic N) is 7. The smallest absolute Gasteiger partial charge is 0.259 e. The van der Waals surface area contributed by atoms with Crippen molar-refractivity contribution in [2.75, 3.05) is 19.6 Å². The number of piperidine rings is 1. The molecular formula is C26H31N9O. The Hall–Kier alpha value is -3.79. The van der Waals surface area contributed by atoms with Crippen LogP contribution in [0.5, 0.6) is 0 Å². The molecule has 0 amide bonds. The Morgan fingerprint density at radius 2 is 2.06 bits per heavy atom. The van der Waals surface area contributed by atoms with Gasteiger partial charge in [-0.25, -0.2) is 9.98 Å². The number of pyridine rings is 1. The topological polar surface area (TPSA) is 120 Å². The first kappa shape index (κ1) is 22.7. The minimum Gasteiger partial charge on any atom is -0.386 e. The predicted molar refractivity (Wildman–Crippen MR) is 141 cm³/mol. The van der Waals surface area contributed by atoms with Crippen molar-refractivity contribution in [3.63, 3.8) is 0 Å². The van der Waals surface area contributed by atoms with Gasteiger partial charge in [-0.05, 0) is 43.3 Å². The molecule has 2 aromatic heterocycles. The van der Waals surface area contributed by atoms with Gasteiger partial charge in [0.15, 0.2) is 6.17 Å². The van der Waals surface area contributed by atoms with Crippen molar-refractivity contribution in [2.45, 2.75) is 45.4 Å². The van der Waals surface area contributed by atoms with Crippen LogP contribution in [0, 0.1) is 12.8 Å². The minimum atomic E-state index is -0.314. The average molecular weight is 486 g/mol. The maximum Gasteiger partial charge on any atom is 0.259 e. The average Bonchev–Trinajstić information content (AvgIpc) is 3.54. The van der Waals surface area contributed by atoms with Gasteiger partial charge in [-0.3, -0.25) is 14.9 Å². The lowest BCUT2D eigenvalue weighted by Crippen LogP contribution is -2.43. The minimum absolute atomic E-state index is 0.0820. The van der Waals surface area contributed by atoms with Gasteiger partial charge in [-0.2, -0.15) is 10.2 Å². The first-order valence-electron chi connectivity index (χ1n) is 12.6. The fraction of sp³-hybridized carbons (Fsp3) is 0.423. The summed E-state index contributed by atoms with van der Waals surface area (Å²) in [6.07, 6.45) is 6.64. The van der Waals surface area contributed by atoms with E-state index in [4.69, 9.17) is 10.8 Å². The number of nitrogens with two attached hydrogens (primary N) is 1. The molecule has 186 valence electrons. The van der Waals surface area contributed by atoms with Crippen molar-refractivity contribution in [2.24, 2.45) is 26.7 Å². The molecule has 1 aromatic carbocycles.